The number of thioether (sulfide) groups is 1. The number of methoxy groups -OCH3 is 1. The lowest BCUT2D eigenvalue weighted by molar-refractivity contribution is 0.415. The Balaban J connectivity index is 1.50. The summed E-state index contributed by atoms with van der Waals surface area (Å²) in [6, 6.07) is 19.8. The predicted octanol–water partition coefficient (Wildman–Crippen LogP) is 6.53. The molecule has 2 aromatic heterocycles. The van der Waals surface area contributed by atoms with Gasteiger partial charge in [0, 0.05) is 16.3 Å². The van der Waals surface area contributed by atoms with Crippen LogP contribution in [0.4, 0.5) is 0 Å². The second kappa shape index (κ2) is 8.95. The number of halogens is 1. The van der Waals surface area contributed by atoms with E-state index >= 15 is 0 Å². The molecule has 4 aromatic rings. The van der Waals surface area contributed by atoms with Crippen molar-refractivity contribution in [2.24, 2.45) is 0 Å². The molecule has 0 aliphatic rings. The third kappa shape index (κ3) is 4.78. The Kier molecular flexibility index (Phi) is 6.13. The summed E-state index contributed by atoms with van der Waals surface area (Å²) in [4.78, 5) is 5.75. The molecular formula is C22H18ClN3OS2. The molecule has 7 heteroatoms. The van der Waals surface area contributed by atoms with Crippen molar-refractivity contribution in [3.8, 4) is 26.9 Å². The molecule has 0 amide bonds. The summed E-state index contributed by atoms with van der Waals surface area (Å²) in [5.41, 5.74) is 4.02. The van der Waals surface area contributed by atoms with Gasteiger partial charge in [0.15, 0.2) is 0 Å². The lowest BCUT2D eigenvalue weighted by Gasteiger charge is -2.02. The summed E-state index contributed by atoms with van der Waals surface area (Å²) < 4.78 is 5.32. The zero-order valence-electron chi connectivity index (χ0n) is 15.9. The van der Waals surface area contributed by atoms with Gasteiger partial charge in [0.25, 0.3) is 0 Å². The maximum atomic E-state index is 5.93. The summed E-state index contributed by atoms with van der Waals surface area (Å²) in [6.07, 6.45) is 0. The zero-order chi connectivity index (χ0) is 20.2. The SMILES string of the molecule is COc1cccc(-c2nc(C)c(-c3ccc(SCc4ccc(Cl)cc4)nn3)s2)c1. The van der Waals surface area contributed by atoms with Crippen LogP contribution in [0.5, 0.6) is 5.75 Å². The molecule has 0 radical (unpaired) electrons. The summed E-state index contributed by atoms with van der Waals surface area (Å²) in [6.45, 7) is 2.00. The molecule has 4 rings (SSSR count). The number of rotatable bonds is 6. The van der Waals surface area contributed by atoms with Gasteiger partial charge in [0.1, 0.15) is 21.5 Å². The lowest BCUT2D eigenvalue weighted by Crippen LogP contribution is -1.90. The van der Waals surface area contributed by atoms with E-state index in [0.717, 1.165) is 48.4 Å². The van der Waals surface area contributed by atoms with E-state index < -0.39 is 0 Å². The maximum Gasteiger partial charge on any atom is 0.124 e. The Bertz CT molecular complexity index is 1110. The van der Waals surface area contributed by atoms with Crippen molar-refractivity contribution in [3.63, 3.8) is 0 Å². The first-order valence-corrected chi connectivity index (χ1v) is 11.1. The Morgan fingerprint density at radius 2 is 1.86 bits per heavy atom. The average molecular weight is 440 g/mol. The largest absolute Gasteiger partial charge is 0.497 e. The number of nitrogens with zero attached hydrogens (tertiary/aromatic N) is 3. The molecule has 0 fully saturated rings. The van der Waals surface area contributed by atoms with Crippen LogP contribution >= 0.6 is 34.7 Å². The topological polar surface area (TPSA) is 47.9 Å². The van der Waals surface area contributed by atoms with Gasteiger partial charge in [-0.3, -0.25) is 0 Å². The van der Waals surface area contributed by atoms with E-state index in [1.807, 2.05) is 67.6 Å². The van der Waals surface area contributed by atoms with Gasteiger partial charge < -0.3 is 4.74 Å². The van der Waals surface area contributed by atoms with Gasteiger partial charge in [-0.15, -0.1) is 21.5 Å². The molecule has 29 heavy (non-hydrogen) atoms. The molecule has 0 aliphatic carbocycles. The first kappa shape index (κ1) is 19.9. The number of ether oxygens (including phenoxy) is 1. The number of benzene rings is 2. The molecular weight excluding hydrogens is 422 g/mol. The molecule has 0 spiro atoms. The van der Waals surface area contributed by atoms with Gasteiger partial charge in [0.05, 0.1) is 17.7 Å². The molecule has 2 aromatic carbocycles. The van der Waals surface area contributed by atoms with Crippen LogP contribution in [0.25, 0.3) is 21.1 Å². The fourth-order valence-corrected chi connectivity index (χ4v) is 4.69. The van der Waals surface area contributed by atoms with Crippen molar-refractivity contribution in [2.75, 3.05) is 7.11 Å². The highest BCUT2D eigenvalue weighted by molar-refractivity contribution is 7.98. The fraction of sp³-hybridized carbons (Fsp3) is 0.136. The van der Waals surface area contributed by atoms with Crippen molar-refractivity contribution in [1.82, 2.24) is 15.2 Å². The number of hydrogen-bond donors (Lipinski definition) is 0. The Morgan fingerprint density at radius 3 is 2.59 bits per heavy atom. The summed E-state index contributed by atoms with van der Waals surface area (Å²) >= 11 is 9.20. The van der Waals surface area contributed by atoms with Crippen LogP contribution in [0.2, 0.25) is 5.02 Å². The van der Waals surface area contributed by atoms with Gasteiger partial charge in [-0.05, 0) is 48.9 Å². The predicted molar refractivity (Wildman–Crippen MR) is 121 cm³/mol. The van der Waals surface area contributed by atoms with Gasteiger partial charge in [-0.1, -0.05) is 47.6 Å². The fourth-order valence-electron chi connectivity index (χ4n) is 2.77. The Morgan fingerprint density at radius 1 is 1.03 bits per heavy atom. The number of aryl methyl sites for hydroxylation is 1. The van der Waals surface area contributed by atoms with Crippen molar-refractivity contribution in [1.29, 1.82) is 0 Å². The first-order chi connectivity index (χ1) is 14.1. The van der Waals surface area contributed by atoms with Crippen molar-refractivity contribution < 1.29 is 4.74 Å². The van der Waals surface area contributed by atoms with Crippen LogP contribution in [0.1, 0.15) is 11.3 Å². The van der Waals surface area contributed by atoms with Gasteiger partial charge in [-0.25, -0.2) is 4.98 Å². The van der Waals surface area contributed by atoms with E-state index in [1.165, 1.54) is 5.56 Å². The molecule has 2 heterocycles. The van der Waals surface area contributed by atoms with Crippen LogP contribution in [-0.2, 0) is 5.75 Å². The maximum absolute atomic E-state index is 5.93. The minimum Gasteiger partial charge on any atom is -0.497 e. The van der Waals surface area contributed by atoms with E-state index in [4.69, 9.17) is 21.3 Å². The Labute approximate surface area is 183 Å². The molecule has 0 saturated carbocycles. The quantitative estimate of drug-likeness (QED) is 0.319. The molecule has 0 unspecified atom stereocenters. The molecule has 4 nitrogen and oxygen atoms in total. The van der Waals surface area contributed by atoms with Crippen LogP contribution in [0, 0.1) is 6.92 Å². The smallest absolute Gasteiger partial charge is 0.124 e. The van der Waals surface area contributed by atoms with E-state index in [9.17, 15) is 0 Å². The normalized spacial score (nSPS) is 10.9. The number of thiazole rings is 1. The molecule has 0 atom stereocenters. The van der Waals surface area contributed by atoms with E-state index in [2.05, 4.69) is 10.2 Å². The van der Waals surface area contributed by atoms with E-state index in [-0.39, 0.29) is 0 Å². The van der Waals surface area contributed by atoms with Crippen LogP contribution < -0.4 is 4.74 Å². The minimum atomic E-state index is 0.746. The van der Waals surface area contributed by atoms with Crippen molar-refractivity contribution >= 4 is 34.7 Å². The number of aromatic nitrogens is 3. The van der Waals surface area contributed by atoms with E-state index in [0.29, 0.717) is 0 Å². The minimum absolute atomic E-state index is 0.746. The Hall–Kier alpha value is -2.41. The molecule has 0 bridgehead atoms. The van der Waals surface area contributed by atoms with Gasteiger partial charge >= 0.3 is 0 Å². The average Bonchev–Trinajstić information content (AvgIpc) is 3.15. The van der Waals surface area contributed by atoms with Crippen LogP contribution in [-0.4, -0.2) is 22.3 Å². The molecule has 0 N–H and O–H groups in total. The summed E-state index contributed by atoms with van der Waals surface area (Å²) in [5, 5.41) is 11.4. The van der Waals surface area contributed by atoms with Crippen LogP contribution in [0.3, 0.4) is 0 Å². The highest BCUT2D eigenvalue weighted by atomic mass is 35.5. The summed E-state index contributed by atoms with van der Waals surface area (Å²) in [5.74, 6) is 1.64. The van der Waals surface area contributed by atoms with Crippen molar-refractivity contribution in [2.45, 2.75) is 17.7 Å². The third-order valence-corrected chi connectivity index (χ3v) is 6.76. The van der Waals surface area contributed by atoms with Gasteiger partial charge in [0.2, 0.25) is 0 Å². The zero-order valence-corrected chi connectivity index (χ0v) is 18.3. The van der Waals surface area contributed by atoms with Crippen molar-refractivity contribution in [3.05, 3.63) is 76.9 Å². The second-order valence-electron chi connectivity index (χ2n) is 6.34. The van der Waals surface area contributed by atoms with Gasteiger partial charge in [-0.2, -0.15) is 0 Å². The lowest BCUT2D eigenvalue weighted by atomic mass is 10.2. The highest BCUT2D eigenvalue weighted by Crippen LogP contribution is 2.35. The standard InChI is InChI=1S/C22H18ClN3OS2/c1-14-21(29-22(24-14)16-4-3-5-18(12-16)27-2)19-10-11-20(26-25-19)28-13-15-6-8-17(23)9-7-15/h3-12H,13H2,1-2H3. The van der Waals surface area contributed by atoms with Crippen LogP contribution in [0.15, 0.2) is 65.7 Å². The summed E-state index contributed by atoms with van der Waals surface area (Å²) in [7, 11) is 1.67. The number of hydrogen-bond acceptors (Lipinski definition) is 6. The van der Waals surface area contributed by atoms with E-state index in [1.54, 1.807) is 30.2 Å². The second-order valence-corrected chi connectivity index (χ2v) is 8.77. The third-order valence-electron chi connectivity index (χ3n) is 4.29. The highest BCUT2D eigenvalue weighted by Gasteiger charge is 2.13. The molecule has 0 aliphatic heterocycles. The molecule has 0 saturated heterocycles. The monoisotopic (exact) mass is 439 g/mol. The first-order valence-electron chi connectivity index (χ1n) is 8.95. The molecule has 146 valence electrons.